The fraction of sp³-hybridized carbons (Fsp3) is 0.625. The number of rotatable bonds is 7. The van der Waals surface area contributed by atoms with E-state index in [4.69, 9.17) is 14.2 Å². The van der Waals surface area contributed by atoms with Crippen LogP contribution >= 0.6 is 0 Å². The number of hydrogen-bond acceptors (Lipinski definition) is 7. The van der Waals surface area contributed by atoms with Crippen molar-refractivity contribution in [3.63, 3.8) is 0 Å². The summed E-state index contributed by atoms with van der Waals surface area (Å²) in [6.07, 6.45) is -4.04. The van der Waals surface area contributed by atoms with Crippen molar-refractivity contribution in [2.75, 3.05) is 14.2 Å². The smallest absolute Gasteiger partial charge is 0.330 e. The number of nitrogens with one attached hydrogen (secondary N) is 2. The van der Waals surface area contributed by atoms with E-state index in [0.717, 1.165) is 16.8 Å². The third kappa shape index (κ3) is 4.25. The molecule has 1 aliphatic rings. The Bertz CT molecular complexity index is 802. The number of nitrogens with zero attached hydrogens (tertiary/aromatic N) is 1. The lowest BCUT2D eigenvalue weighted by Crippen LogP contribution is -2.46. The molecule has 0 spiro atoms. The average Bonchev–Trinajstić information content (AvgIpc) is 2.92. The SMILES string of the molecule is CC[C@]1(OC)O[C@@H](n2ccc(=O)[nH]c2=O)[C@@H](F)C1OC(=O)CCC(=O)NC. The molecule has 0 aromatic carbocycles. The molecule has 150 valence electrons. The Morgan fingerprint density at radius 1 is 1.41 bits per heavy atom. The maximum absolute atomic E-state index is 15.1. The molecule has 4 atom stereocenters. The predicted octanol–water partition coefficient (Wildman–Crippen LogP) is -0.406. The number of esters is 1. The van der Waals surface area contributed by atoms with Gasteiger partial charge in [0.2, 0.25) is 11.7 Å². The van der Waals surface area contributed by atoms with E-state index in [0.29, 0.717) is 0 Å². The molecule has 1 aliphatic heterocycles. The maximum Gasteiger partial charge on any atom is 0.330 e. The zero-order valence-corrected chi connectivity index (χ0v) is 15.2. The number of alkyl halides is 1. The molecule has 0 bridgehead atoms. The molecule has 2 rings (SSSR count). The fourth-order valence-corrected chi connectivity index (χ4v) is 2.86. The molecule has 0 saturated carbocycles. The molecular formula is C16H22FN3O7. The van der Waals surface area contributed by atoms with E-state index in [2.05, 4.69) is 5.32 Å². The van der Waals surface area contributed by atoms with Crippen LogP contribution in [0.3, 0.4) is 0 Å². The Hall–Kier alpha value is -2.53. The van der Waals surface area contributed by atoms with Gasteiger partial charge in [-0.15, -0.1) is 0 Å². The Balaban J connectivity index is 2.26. The van der Waals surface area contributed by atoms with Gasteiger partial charge in [-0.3, -0.25) is 23.9 Å². The highest BCUT2D eigenvalue weighted by Gasteiger charge is 2.58. The summed E-state index contributed by atoms with van der Waals surface area (Å²) in [6, 6.07) is 1.04. The van der Waals surface area contributed by atoms with Crippen molar-refractivity contribution >= 4 is 11.9 Å². The first-order chi connectivity index (χ1) is 12.8. The second-order valence-electron chi connectivity index (χ2n) is 5.92. The highest BCUT2D eigenvalue weighted by Crippen LogP contribution is 2.42. The molecular weight excluding hydrogens is 365 g/mol. The monoisotopic (exact) mass is 387 g/mol. The van der Waals surface area contributed by atoms with Gasteiger partial charge in [0.15, 0.2) is 18.5 Å². The number of aromatic amines is 1. The molecule has 1 amide bonds. The van der Waals surface area contributed by atoms with Crippen molar-refractivity contribution in [3.05, 3.63) is 33.1 Å². The van der Waals surface area contributed by atoms with Crippen LogP contribution in [0.5, 0.6) is 0 Å². The first kappa shape index (κ1) is 20.8. The summed E-state index contributed by atoms with van der Waals surface area (Å²) in [6.45, 7) is 1.64. The van der Waals surface area contributed by atoms with Crippen molar-refractivity contribution in [2.45, 2.75) is 50.5 Å². The van der Waals surface area contributed by atoms with E-state index in [-0.39, 0.29) is 25.2 Å². The van der Waals surface area contributed by atoms with Gasteiger partial charge in [-0.2, -0.15) is 0 Å². The van der Waals surface area contributed by atoms with Crippen molar-refractivity contribution in [2.24, 2.45) is 0 Å². The third-order valence-corrected chi connectivity index (χ3v) is 4.37. The van der Waals surface area contributed by atoms with Crippen molar-refractivity contribution in [1.29, 1.82) is 0 Å². The van der Waals surface area contributed by atoms with Crippen molar-refractivity contribution in [3.8, 4) is 0 Å². The van der Waals surface area contributed by atoms with Gasteiger partial charge < -0.3 is 19.5 Å². The number of carbonyl (C=O) groups excluding carboxylic acids is 2. The highest BCUT2D eigenvalue weighted by molar-refractivity contribution is 5.81. The standard InChI is InChI=1S/C16H22FN3O7/c1-4-16(25-3)13(26-11(23)6-5-9(21)18-2)12(17)14(27-16)20-8-7-10(22)19-15(20)24/h7-8,12-14H,4-6H2,1-3H3,(H,18,21)(H,19,22,24)/t12-,13?,14+,16-/m0/s1. The van der Waals surface area contributed by atoms with Gasteiger partial charge in [0.1, 0.15) is 0 Å². The minimum Gasteiger partial charge on any atom is -0.453 e. The summed E-state index contributed by atoms with van der Waals surface area (Å²) in [4.78, 5) is 48.5. The highest BCUT2D eigenvalue weighted by atomic mass is 19.1. The second kappa shape index (κ2) is 8.44. The molecule has 0 radical (unpaired) electrons. The third-order valence-electron chi connectivity index (χ3n) is 4.37. The Morgan fingerprint density at radius 2 is 2.11 bits per heavy atom. The van der Waals surface area contributed by atoms with Crippen LogP contribution in [0.2, 0.25) is 0 Å². The van der Waals surface area contributed by atoms with E-state index in [1.54, 1.807) is 6.92 Å². The van der Waals surface area contributed by atoms with Crippen LogP contribution < -0.4 is 16.6 Å². The zero-order chi connectivity index (χ0) is 20.2. The van der Waals surface area contributed by atoms with Crippen LogP contribution in [0.15, 0.2) is 21.9 Å². The molecule has 11 heteroatoms. The van der Waals surface area contributed by atoms with E-state index in [9.17, 15) is 19.2 Å². The molecule has 1 aromatic rings. The summed E-state index contributed by atoms with van der Waals surface area (Å²) in [5.74, 6) is -2.79. The lowest BCUT2D eigenvalue weighted by molar-refractivity contribution is -0.260. The minimum atomic E-state index is -1.95. The van der Waals surface area contributed by atoms with Gasteiger partial charge in [-0.05, 0) is 0 Å². The summed E-state index contributed by atoms with van der Waals surface area (Å²) >= 11 is 0. The molecule has 10 nitrogen and oxygen atoms in total. The first-order valence-corrected chi connectivity index (χ1v) is 8.36. The van der Waals surface area contributed by atoms with E-state index in [1.165, 1.54) is 14.2 Å². The predicted molar refractivity (Wildman–Crippen MR) is 89.6 cm³/mol. The molecule has 2 N–H and O–H groups in total. The summed E-state index contributed by atoms with van der Waals surface area (Å²) in [5, 5.41) is 2.36. The second-order valence-corrected chi connectivity index (χ2v) is 5.92. The van der Waals surface area contributed by atoms with Crippen LogP contribution in [-0.4, -0.2) is 53.6 Å². The lowest BCUT2D eigenvalue weighted by Gasteiger charge is -2.31. The molecule has 0 aliphatic carbocycles. The first-order valence-electron chi connectivity index (χ1n) is 8.36. The largest absolute Gasteiger partial charge is 0.453 e. The summed E-state index contributed by atoms with van der Waals surface area (Å²) in [7, 11) is 2.69. The van der Waals surface area contributed by atoms with E-state index >= 15 is 4.39 Å². The Kier molecular flexibility index (Phi) is 6.50. The van der Waals surface area contributed by atoms with Gasteiger partial charge in [-0.1, -0.05) is 6.92 Å². The van der Waals surface area contributed by atoms with Gasteiger partial charge in [0.25, 0.3) is 5.56 Å². The number of H-pyrrole nitrogens is 1. The Morgan fingerprint density at radius 3 is 2.67 bits per heavy atom. The normalized spacial score (nSPS) is 27.3. The summed E-state index contributed by atoms with van der Waals surface area (Å²) in [5.41, 5.74) is -1.52. The topological polar surface area (TPSA) is 129 Å². The van der Waals surface area contributed by atoms with Crippen LogP contribution in [0.1, 0.15) is 32.4 Å². The van der Waals surface area contributed by atoms with E-state index < -0.39 is 41.5 Å². The van der Waals surface area contributed by atoms with Gasteiger partial charge in [0.05, 0.1) is 6.42 Å². The van der Waals surface area contributed by atoms with Crippen molar-refractivity contribution < 1.29 is 28.2 Å². The Labute approximate surface area is 153 Å². The summed E-state index contributed by atoms with van der Waals surface area (Å²) < 4.78 is 32.1. The van der Waals surface area contributed by atoms with Gasteiger partial charge in [0, 0.05) is 39.3 Å². The molecule has 1 saturated heterocycles. The molecule has 2 heterocycles. The molecule has 1 unspecified atom stereocenters. The number of aromatic nitrogens is 2. The number of hydrogen-bond donors (Lipinski definition) is 2. The number of carbonyl (C=O) groups is 2. The van der Waals surface area contributed by atoms with Gasteiger partial charge in [-0.25, -0.2) is 9.18 Å². The quantitative estimate of drug-likeness (QED) is 0.609. The number of halogens is 1. The van der Waals surface area contributed by atoms with E-state index in [1.807, 2.05) is 4.98 Å². The van der Waals surface area contributed by atoms with Crippen LogP contribution in [0, 0.1) is 0 Å². The molecule has 1 fully saturated rings. The van der Waals surface area contributed by atoms with Gasteiger partial charge >= 0.3 is 11.7 Å². The van der Waals surface area contributed by atoms with Crippen molar-refractivity contribution in [1.82, 2.24) is 14.9 Å². The number of methoxy groups -OCH3 is 1. The molecule has 27 heavy (non-hydrogen) atoms. The fourth-order valence-electron chi connectivity index (χ4n) is 2.86. The maximum atomic E-state index is 15.1. The average molecular weight is 387 g/mol. The zero-order valence-electron chi connectivity index (χ0n) is 15.2. The lowest BCUT2D eigenvalue weighted by atomic mass is 10.0. The van der Waals surface area contributed by atoms with Crippen LogP contribution in [-0.2, 0) is 23.8 Å². The minimum absolute atomic E-state index is 0.116. The van der Waals surface area contributed by atoms with Crippen LogP contribution in [0.4, 0.5) is 4.39 Å². The number of amides is 1. The molecule has 1 aromatic heterocycles. The van der Waals surface area contributed by atoms with Crippen LogP contribution in [0.25, 0.3) is 0 Å². The number of ether oxygens (including phenoxy) is 3.